The summed E-state index contributed by atoms with van der Waals surface area (Å²) in [7, 11) is 2.07. The Balaban J connectivity index is 1.99. The molecule has 0 aliphatic heterocycles. The molecule has 1 saturated carbocycles. The SMILES string of the molecule is CCCn1ncnc1CC1CCC(NC)C1C. The summed E-state index contributed by atoms with van der Waals surface area (Å²) in [6, 6.07) is 0.683. The van der Waals surface area contributed by atoms with Gasteiger partial charge in [0.2, 0.25) is 0 Å². The Bertz CT molecular complexity index is 347. The second-order valence-electron chi connectivity index (χ2n) is 5.20. The zero-order valence-corrected chi connectivity index (χ0v) is 11.2. The van der Waals surface area contributed by atoms with Crippen LogP contribution in [0.25, 0.3) is 0 Å². The van der Waals surface area contributed by atoms with Crippen LogP contribution in [0.15, 0.2) is 6.33 Å². The molecule has 96 valence electrons. The minimum Gasteiger partial charge on any atom is -0.317 e. The molecule has 1 aliphatic rings. The molecule has 0 radical (unpaired) electrons. The number of nitrogens with one attached hydrogen (secondary N) is 1. The number of hydrogen-bond acceptors (Lipinski definition) is 3. The molecule has 4 nitrogen and oxygen atoms in total. The van der Waals surface area contributed by atoms with E-state index < -0.39 is 0 Å². The first-order valence-corrected chi connectivity index (χ1v) is 6.80. The van der Waals surface area contributed by atoms with E-state index in [0.717, 1.165) is 31.2 Å². The van der Waals surface area contributed by atoms with Crippen LogP contribution in [0.4, 0.5) is 0 Å². The van der Waals surface area contributed by atoms with Crippen molar-refractivity contribution in [1.29, 1.82) is 0 Å². The summed E-state index contributed by atoms with van der Waals surface area (Å²) in [5.74, 6) is 2.67. The molecule has 1 heterocycles. The van der Waals surface area contributed by atoms with Crippen molar-refractivity contribution in [3.63, 3.8) is 0 Å². The highest BCUT2D eigenvalue weighted by atomic mass is 15.3. The summed E-state index contributed by atoms with van der Waals surface area (Å²) in [5.41, 5.74) is 0. The van der Waals surface area contributed by atoms with Crippen LogP contribution in [0.1, 0.15) is 38.9 Å². The van der Waals surface area contributed by atoms with Crippen LogP contribution in [0.2, 0.25) is 0 Å². The summed E-state index contributed by atoms with van der Waals surface area (Å²) in [6.45, 7) is 5.53. The van der Waals surface area contributed by atoms with Gasteiger partial charge in [-0.05, 0) is 38.1 Å². The Kier molecular flexibility index (Phi) is 4.15. The highest BCUT2D eigenvalue weighted by molar-refractivity contribution is 4.94. The molecular weight excluding hydrogens is 212 g/mol. The zero-order chi connectivity index (χ0) is 12.3. The average Bonchev–Trinajstić information content (AvgIpc) is 2.89. The van der Waals surface area contributed by atoms with Crippen molar-refractivity contribution < 1.29 is 0 Å². The van der Waals surface area contributed by atoms with E-state index in [1.54, 1.807) is 6.33 Å². The van der Waals surface area contributed by atoms with Gasteiger partial charge in [-0.2, -0.15) is 5.10 Å². The van der Waals surface area contributed by atoms with E-state index in [1.165, 1.54) is 18.7 Å². The molecule has 1 fully saturated rings. The van der Waals surface area contributed by atoms with Crippen molar-refractivity contribution in [2.45, 2.75) is 52.1 Å². The minimum atomic E-state index is 0.683. The van der Waals surface area contributed by atoms with Crippen LogP contribution < -0.4 is 5.32 Å². The first-order chi connectivity index (χ1) is 8.26. The van der Waals surface area contributed by atoms with Crippen molar-refractivity contribution in [1.82, 2.24) is 20.1 Å². The number of aromatic nitrogens is 3. The lowest BCUT2D eigenvalue weighted by atomic mass is 9.92. The predicted octanol–water partition coefficient (Wildman–Crippen LogP) is 1.86. The fraction of sp³-hybridized carbons (Fsp3) is 0.846. The Morgan fingerprint density at radius 1 is 1.47 bits per heavy atom. The van der Waals surface area contributed by atoms with Crippen LogP contribution in [0.3, 0.4) is 0 Å². The summed E-state index contributed by atoms with van der Waals surface area (Å²) in [4.78, 5) is 4.42. The zero-order valence-electron chi connectivity index (χ0n) is 11.2. The van der Waals surface area contributed by atoms with E-state index in [9.17, 15) is 0 Å². The summed E-state index contributed by atoms with van der Waals surface area (Å²) in [5, 5.41) is 7.72. The summed E-state index contributed by atoms with van der Waals surface area (Å²) >= 11 is 0. The van der Waals surface area contributed by atoms with Crippen molar-refractivity contribution in [2.24, 2.45) is 11.8 Å². The highest BCUT2D eigenvalue weighted by Gasteiger charge is 2.32. The first-order valence-electron chi connectivity index (χ1n) is 6.80. The van der Waals surface area contributed by atoms with Gasteiger partial charge in [0.25, 0.3) is 0 Å². The van der Waals surface area contributed by atoms with Crippen LogP contribution in [-0.4, -0.2) is 27.9 Å². The number of rotatable bonds is 5. The lowest BCUT2D eigenvalue weighted by molar-refractivity contribution is 0.353. The van der Waals surface area contributed by atoms with Gasteiger partial charge in [0, 0.05) is 19.0 Å². The lowest BCUT2D eigenvalue weighted by Gasteiger charge is -2.20. The molecule has 1 N–H and O–H groups in total. The largest absolute Gasteiger partial charge is 0.317 e. The first kappa shape index (κ1) is 12.6. The van der Waals surface area contributed by atoms with Gasteiger partial charge in [0.1, 0.15) is 12.2 Å². The molecule has 3 unspecified atom stereocenters. The molecule has 1 aromatic rings. The van der Waals surface area contributed by atoms with Crippen LogP contribution in [0.5, 0.6) is 0 Å². The van der Waals surface area contributed by atoms with Gasteiger partial charge < -0.3 is 5.32 Å². The monoisotopic (exact) mass is 236 g/mol. The fourth-order valence-electron chi connectivity index (χ4n) is 3.02. The maximum Gasteiger partial charge on any atom is 0.138 e. The van der Waals surface area contributed by atoms with Crippen LogP contribution >= 0.6 is 0 Å². The van der Waals surface area contributed by atoms with Gasteiger partial charge >= 0.3 is 0 Å². The fourth-order valence-corrected chi connectivity index (χ4v) is 3.02. The molecule has 3 atom stereocenters. The Morgan fingerprint density at radius 3 is 2.94 bits per heavy atom. The summed E-state index contributed by atoms with van der Waals surface area (Å²) in [6.07, 6.45) is 6.51. The number of aryl methyl sites for hydroxylation is 1. The molecule has 4 heteroatoms. The third-order valence-electron chi connectivity index (χ3n) is 4.17. The van der Waals surface area contributed by atoms with Gasteiger partial charge in [-0.25, -0.2) is 4.98 Å². The Labute approximate surface area is 104 Å². The maximum atomic E-state index is 4.42. The maximum absolute atomic E-state index is 4.42. The smallest absolute Gasteiger partial charge is 0.138 e. The minimum absolute atomic E-state index is 0.683. The van der Waals surface area contributed by atoms with Gasteiger partial charge in [-0.1, -0.05) is 13.8 Å². The van der Waals surface area contributed by atoms with Crippen molar-refractivity contribution in [3.05, 3.63) is 12.2 Å². The third kappa shape index (κ3) is 2.68. The van der Waals surface area contributed by atoms with E-state index in [0.29, 0.717) is 6.04 Å². The molecule has 0 spiro atoms. The quantitative estimate of drug-likeness (QED) is 0.848. The molecule has 1 aliphatic carbocycles. The second-order valence-corrected chi connectivity index (χ2v) is 5.20. The number of nitrogens with zero attached hydrogens (tertiary/aromatic N) is 3. The molecule has 0 aromatic carbocycles. The average molecular weight is 236 g/mol. The van der Waals surface area contributed by atoms with Crippen molar-refractivity contribution in [3.8, 4) is 0 Å². The summed E-state index contributed by atoms with van der Waals surface area (Å²) < 4.78 is 2.07. The van der Waals surface area contributed by atoms with Crippen LogP contribution in [-0.2, 0) is 13.0 Å². The second kappa shape index (κ2) is 5.63. The standard InChI is InChI=1S/C13H24N4/c1-4-7-17-13(15-9-16-17)8-11-5-6-12(14-3)10(11)2/h9-12,14H,4-8H2,1-3H3. The van der Waals surface area contributed by atoms with Gasteiger partial charge in [0.15, 0.2) is 0 Å². The van der Waals surface area contributed by atoms with E-state index >= 15 is 0 Å². The van der Waals surface area contributed by atoms with Gasteiger partial charge in [0.05, 0.1) is 0 Å². The molecule has 17 heavy (non-hydrogen) atoms. The van der Waals surface area contributed by atoms with Gasteiger partial charge in [-0.3, -0.25) is 4.68 Å². The van der Waals surface area contributed by atoms with Gasteiger partial charge in [-0.15, -0.1) is 0 Å². The van der Waals surface area contributed by atoms with Crippen molar-refractivity contribution in [2.75, 3.05) is 7.05 Å². The highest BCUT2D eigenvalue weighted by Crippen LogP contribution is 2.33. The number of hydrogen-bond donors (Lipinski definition) is 1. The molecule has 0 bridgehead atoms. The molecule has 0 saturated heterocycles. The predicted molar refractivity (Wildman–Crippen MR) is 68.8 cm³/mol. The molecule has 2 rings (SSSR count). The van der Waals surface area contributed by atoms with E-state index in [-0.39, 0.29) is 0 Å². The third-order valence-corrected chi connectivity index (χ3v) is 4.17. The lowest BCUT2D eigenvalue weighted by Crippen LogP contribution is -2.30. The van der Waals surface area contributed by atoms with E-state index in [2.05, 4.69) is 41.0 Å². The van der Waals surface area contributed by atoms with E-state index in [1.807, 2.05) is 0 Å². The molecule has 0 amide bonds. The van der Waals surface area contributed by atoms with Crippen LogP contribution in [0, 0.1) is 11.8 Å². The van der Waals surface area contributed by atoms with E-state index in [4.69, 9.17) is 0 Å². The topological polar surface area (TPSA) is 42.7 Å². The Hall–Kier alpha value is -0.900. The molecule has 1 aromatic heterocycles. The Morgan fingerprint density at radius 2 is 2.29 bits per heavy atom. The van der Waals surface area contributed by atoms with Crippen molar-refractivity contribution >= 4 is 0 Å². The normalized spacial score (nSPS) is 28.8. The molecular formula is C13H24N4.